The fourth-order valence-electron chi connectivity index (χ4n) is 2.20. The van der Waals surface area contributed by atoms with E-state index in [2.05, 4.69) is 9.97 Å². The third-order valence-electron chi connectivity index (χ3n) is 3.15. The zero-order valence-electron chi connectivity index (χ0n) is 11.1. The van der Waals surface area contributed by atoms with Crippen molar-refractivity contribution in [2.24, 2.45) is 0 Å². The maximum atomic E-state index is 11.9. The van der Waals surface area contributed by atoms with E-state index in [0.717, 1.165) is 28.2 Å². The van der Waals surface area contributed by atoms with Crippen molar-refractivity contribution in [3.63, 3.8) is 0 Å². The molecule has 0 atom stereocenters. The van der Waals surface area contributed by atoms with Crippen LogP contribution in [-0.4, -0.2) is 22.5 Å². The highest BCUT2D eigenvalue weighted by atomic mass is 16.5. The summed E-state index contributed by atoms with van der Waals surface area (Å²) in [5.41, 5.74) is 8.66. The van der Waals surface area contributed by atoms with E-state index < -0.39 is 5.97 Å². The quantitative estimate of drug-likeness (QED) is 0.566. The molecule has 5 heteroatoms. The van der Waals surface area contributed by atoms with Crippen LogP contribution in [0.25, 0.3) is 21.8 Å². The first kappa shape index (κ1) is 12.5. The van der Waals surface area contributed by atoms with Crippen molar-refractivity contribution in [1.82, 2.24) is 9.97 Å². The van der Waals surface area contributed by atoms with Crippen LogP contribution in [0.15, 0.2) is 30.5 Å². The van der Waals surface area contributed by atoms with Gasteiger partial charge in [-0.1, -0.05) is 6.92 Å². The minimum atomic E-state index is -0.396. The first-order chi connectivity index (χ1) is 9.69. The molecule has 3 aromatic rings. The van der Waals surface area contributed by atoms with Crippen LogP contribution >= 0.6 is 0 Å². The second-order valence-corrected chi connectivity index (χ2v) is 4.68. The lowest BCUT2D eigenvalue weighted by Crippen LogP contribution is -2.07. The van der Waals surface area contributed by atoms with Crippen molar-refractivity contribution in [1.29, 1.82) is 0 Å². The number of pyridine rings is 1. The number of nitrogens with zero attached hydrogens (tertiary/aromatic N) is 1. The number of nitrogen functional groups attached to an aromatic ring is 1. The third kappa shape index (κ3) is 2.07. The first-order valence-electron chi connectivity index (χ1n) is 6.53. The number of hydrogen-bond acceptors (Lipinski definition) is 4. The summed E-state index contributed by atoms with van der Waals surface area (Å²) in [6.07, 6.45) is 2.44. The number of hydrogen-bond donors (Lipinski definition) is 2. The smallest absolute Gasteiger partial charge is 0.356 e. The van der Waals surface area contributed by atoms with Crippen LogP contribution in [0.5, 0.6) is 0 Å². The summed E-state index contributed by atoms with van der Waals surface area (Å²) >= 11 is 0. The summed E-state index contributed by atoms with van der Waals surface area (Å²) in [6, 6.07) is 7.38. The Morgan fingerprint density at radius 3 is 2.90 bits per heavy atom. The van der Waals surface area contributed by atoms with E-state index in [1.807, 2.05) is 25.1 Å². The predicted octanol–water partition coefficient (Wildman–Crippen LogP) is 2.87. The highest BCUT2D eigenvalue weighted by Gasteiger charge is 2.12. The summed E-state index contributed by atoms with van der Waals surface area (Å²) in [5.74, 6) is -0.396. The molecule has 102 valence electrons. The van der Waals surface area contributed by atoms with E-state index in [1.54, 1.807) is 12.3 Å². The summed E-state index contributed by atoms with van der Waals surface area (Å²) < 4.78 is 5.10. The summed E-state index contributed by atoms with van der Waals surface area (Å²) in [7, 11) is 0. The first-order valence-corrected chi connectivity index (χ1v) is 6.53. The highest BCUT2D eigenvalue weighted by molar-refractivity contribution is 6.09. The zero-order valence-corrected chi connectivity index (χ0v) is 11.1. The summed E-state index contributed by atoms with van der Waals surface area (Å²) in [5, 5.41) is 1.90. The molecule has 0 radical (unpaired) electrons. The molecule has 0 aliphatic carbocycles. The third-order valence-corrected chi connectivity index (χ3v) is 3.15. The number of ether oxygens (including phenoxy) is 1. The SMILES string of the molecule is CCCOC(=O)c1cc2c(cn1)[nH]c1ccc(N)cc12. The summed E-state index contributed by atoms with van der Waals surface area (Å²) in [6.45, 7) is 2.35. The number of anilines is 1. The van der Waals surface area contributed by atoms with Gasteiger partial charge in [0.15, 0.2) is 0 Å². The monoisotopic (exact) mass is 269 g/mol. The van der Waals surface area contributed by atoms with Crippen LogP contribution in [0.4, 0.5) is 5.69 Å². The van der Waals surface area contributed by atoms with Gasteiger partial charge in [-0.05, 0) is 30.7 Å². The molecule has 3 rings (SSSR count). The molecule has 20 heavy (non-hydrogen) atoms. The Hall–Kier alpha value is -2.56. The molecule has 0 aliphatic rings. The Kier molecular flexibility index (Phi) is 3.02. The number of nitrogens with two attached hydrogens (primary N) is 1. The molecule has 0 saturated carbocycles. The van der Waals surface area contributed by atoms with Gasteiger partial charge >= 0.3 is 5.97 Å². The maximum absolute atomic E-state index is 11.9. The van der Waals surface area contributed by atoms with Gasteiger partial charge < -0.3 is 15.5 Å². The minimum Gasteiger partial charge on any atom is -0.461 e. The molecule has 0 fully saturated rings. The van der Waals surface area contributed by atoms with Gasteiger partial charge in [-0.2, -0.15) is 0 Å². The van der Waals surface area contributed by atoms with E-state index in [1.165, 1.54) is 0 Å². The number of H-pyrrole nitrogens is 1. The van der Waals surface area contributed by atoms with Crippen LogP contribution in [0, 0.1) is 0 Å². The molecular weight excluding hydrogens is 254 g/mol. The molecule has 0 amide bonds. The number of aromatic nitrogens is 2. The van der Waals surface area contributed by atoms with Crippen molar-refractivity contribution < 1.29 is 9.53 Å². The Balaban J connectivity index is 2.11. The van der Waals surface area contributed by atoms with Crippen molar-refractivity contribution in [2.75, 3.05) is 12.3 Å². The number of fused-ring (bicyclic) bond motifs is 3. The average Bonchev–Trinajstić information content (AvgIpc) is 2.82. The molecule has 0 aliphatic heterocycles. The molecule has 0 unspecified atom stereocenters. The lowest BCUT2D eigenvalue weighted by Gasteiger charge is -2.02. The molecule has 0 spiro atoms. The fourth-order valence-corrected chi connectivity index (χ4v) is 2.20. The van der Waals surface area contributed by atoms with Gasteiger partial charge in [0.05, 0.1) is 18.3 Å². The van der Waals surface area contributed by atoms with E-state index >= 15 is 0 Å². The maximum Gasteiger partial charge on any atom is 0.356 e. The standard InChI is InChI=1S/C15H15N3O2/c1-2-5-20-15(19)13-7-11-10-6-9(16)3-4-12(10)18-14(11)8-17-13/h3-4,6-8,18H,2,5,16H2,1H3. The van der Waals surface area contributed by atoms with Gasteiger partial charge in [-0.25, -0.2) is 9.78 Å². The van der Waals surface area contributed by atoms with E-state index in [4.69, 9.17) is 10.5 Å². The number of esters is 1. The number of aromatic amines is 1. The van der Waals surface area contributed by atoms with E-state index in [-0.39, 0.29) is 0 Å². The summed E-state index contributed by atoms with van der Waals surface area (Å²) in [4.78, 5) is 19.2. The van der Waals surface area contributed by atoms with Crippen LogP contribution in [-0.2, 0) is 4.74 Å². The molecule has 2 aromatic heterocycles. The number of carbonyl (C=O) groups is 1. The van der Waals surface area contributed by atoms with Crippen LogP contribution in [0.2, 0.25) is 0 Å². The molecule has 5 nitrogen and oxygen atoms in total. The average molecular weight is 269 g/mol. The second-order valence-electron chi connectivity index (χ2n) is 4.68. The van der Waals surface area contributed by atoms with Crippen LogP contribution in [0.1, 0.15) is 23.8 Å². The van der Waals surface area contributed by atoms with Gasteiger partial charge in [0.25, 0.3) is 0 Å². The molecule has 3 N–H and O–H groups in total. The Morgan fingerprint density at radius 2 is 2.10 bits per heavy atom. The van der Waals surface area contributed by atoms with Gasteiger partial charge in [0.2, 0.25) is 0 Å². The Bertz CT molecular complexity index is 792. The van der Waals surface area contributed by atoms with Crippen molar-refractivity contribution in [3.8, 4) is 0 Å². The van der Waals surface area contributed by atoms with E-state index in [9.17, 15) is 4.79 Å². The highest BCUT2D eigenvalue weighted by Crippen LogP contribution is 2.27. The van der Waals surface area contributed by atoms with Crippen LogP contribution < -0.4 is 5.73 Å². The lowest BCUT2D eigenvalue weighted by molar-refractivity contribution is 0.0498. The molecule has 1 aromatic carbocycles. The minimum absolute atomic E-state index is 0.314. The van der Waals surface area contributed by atoms with E-state index in [0.29, 0.717) is 18.0 Å². The largest absolute Gasteiger partial charge is 0.461 e. The zero-order chi connectivity index (χ0) is 14.1. The molecule has 0 saturated heterocycles. The van der Waals surface area contributed by atoms with Crippen molar-refractivity contribution in [2.45, 2.75) is 13.3 Å². The van der Waals surface area contributed by atoms with Crippen molar-refractivity contribution in [3.05, 3.63) is 36.2 Å². The van der Waals surface area contributed by atoms with Crippen LogP contribution in [0.3, 0.4) is 0 Å². The van der Waals surface area contributed by atoms with Gasteiger partial charge in [0, 0.05) is 22.0 Å². The number of carbonyl (C=O) groups excluding carboxylic acids is 1. The Labute approximate surface area is 115 Å². The topological polar surface area (TPSA) is 81.0 Å². The molecule has 0 bridgehead atoms. The predicted molar refractivity (Wildman–Crippen MR) is 78.6 cm³/mol. The Morgan fingerprint density at radius 1 is 1.30 bits per heavy atom. The number of rotatable bonds is 3. The van der Waals surface area contributed by atoms with Gasteiger partial charge in [0.1, 0.15) is 5.69 Å². The molecule has 2 heterocycles. The number of nitrogens with one attached hydrogen (secondary N) is 1. The van der Waals surface area contributed by atoms with Gasteiger partial charge in [-0.3, -0.25) is 0 Å². The lowest BCUT2D eigenvalue weighted by atomic mass is 10.1. The second kappa shape index (κ2) is 4.85. The normalized spacial score (nSPS) is 11.1. The fraction of sp³-hybridized carbons (Fsp3) is 0.200. The molecular formula is C15H15N3O2. The van der Waals surface area contributed by atoms with Crippen molar-refractivity contribution >= 4 is 33.5 Å². The number of benzene rings is 1. The van der Waals surface area contributed by atoms with Gasteiger partial charge in [-0.15, -0.1) is 0 Å².